The summed E-state index contributed by atoms with van der Waals surface area (Å²) in [5.41, 5.74) is 0. The average molecular weight is 1120 g/mol. The maximum absolute atomic E-state index is 13.0. The molecule has 0 fully saturated rings. The van der Waals surface area contributed by atoms with E-state index < -0.39 is 6.10 Å². The van der Waals surface area contributed by atoms with Crippen molar-refractivity contribution in [2.24, 2.45) is 0 Å². The Balaban J connectivity index is 4.25. The Hall–Kier alpha value is -2.37. The van der Waals surface area contributed by atoms with Gasteiger partial charge in [0.05, 0.1) is 0 Å². The summed E-state index contributed by atoms with van der Waals surface area (Å²) in [6.07, 6.45) is 86.0. The topological polar surface area (TPSA) is 78.9 Å². The van der Waals surface area contributed by atoms with Gasteiger partial charge in [-0.15, -0.1) is 0 Å². The third kappa shape index (κ3) is 66.4. The first-order chi connectivity index (χ1) is 39.5. The molecule has 0 bridgehead atoms. The number of carbonyl (C=O) groups excluding carboxylic acids is 3. The Morgan fingerprint density at radius 3 is 0.700 bits per heavy atom. The second-order valence-electron chi connectivity index (χ2n) is 24.5. The first-order valence-corrected chi connectivity index (χ1v) is 36.0. The molecule has 0 saturated carbocycles. The molecule has 0 heterocycles. The van der Waals surface area contributed by atoms with E-state index in [-0.39, 0.29) is 31.1 Å². The second-order valence-corrected chi connectivity index (χ2v) is 24.5. The number of esters is 3. The van der Waals surface area contributed by atoms with Crippen molar-refractivity contribution in [3.63, 3.8) is 0 Å². The van der Waals surface area contributed by atoms with Crippen LogP contribution in [-0.2, 0) is 28.6 Å². The first kappa shape index (κ1) is 77.6. The van der Waals surface area contributed by atoms with Crippen LogP contribution >= 0.6 is 0 Å². The molecule has 0 saturated heterocycles. The van der Waals surface area contributed by atoms with Gasteiger partial charge in [0.25, 0.3) is 0 Å². The van der Waals surface area contributed by atoms with Gasteiger partial charge in [0, 0.05) is 19.3 Å². The van der Waals surface area contributed by atoms with Gasteiger partial charge in [0.15, 0.2) is 6.10 Å². The minimum absolute atomic E-state index is 0.0669. The van der Waals surface area contributed by atoms with Gasteiger partial charge in [-0.2, -0.15) is 0 Å². The van der Waals surface area contributed by atoms with Gasteiger partial charge >= 0.3 is 17.9 Å². The third-order valence-corrected chi connectivity index (χ3v) is 16.4. The van der Waals surface area contributed by atoms with Gasteiger partial charge in [-0.3, -0.25) is 14.4 Å². The lowest BCUT2D eigenvalue weighted by Gasteiger charge is -2.18. The summed E-state index contributed by atoms with van der Waals surface area (Å²) in [5.74, 6) is -0.838. The number of hydrogen-bond donors (Lipinski definition) is 0. The van der Waals surface area contributed by atoms with Crippen molar-refractivity contribution < 1.29 is 28.6 Å². The summed E-state index contributed by atoms with van der Waals surface area (Å²) in [7, 11) is 0. The normalized spacial score (nSPS) is 12.2. The van der Waals surface area contributed by atoms with Crippen molar-refractivity contribution in [2.75, 3.05) is 13.2 Å². The average Bonchev–Trinajstić information content (AvgIpc) is 3.46. The predicted octanol–water partition coefficient (Wildman–Crippen LogP) is 24.7. The van der Waals surface area contributed by atoms with Crippen LogP contribution in [0.1, 0.15) is 400 Å². The molecule has 1 unspecified atom stereocenters. The number of allylic oxidation sites excluding steroid dienone is 6. The van der Waals surface area contributed by atoms with Crippen molar-refractivity contribution >= 4 is 17.9 Å². The van der Waals surface area contributed by atoms with Crippen LogP contribution in [0.15, 0.2) is 36.5 Å². The Morgan fingerprint density at radius 2 is 0.450 bits per heavy atom. The highest BCUT2D eigenvalue weighted by molar-refractivity contribution is 5.71. The monoisotopic (exact) mass is 1120 g/mol. The highest BCUT2D eigenvalue weighted by Gasteiger charge is 2.19. The van der Waals surface area contributed by atoms with Crippen LogP contribution in [0.3, 0.4) is 0 Å². The van der Waals surface area contributed by atoms with Crippen LogP contribution < -0.4 is 0 Å². The molecule has 0 radical (unpaired) electrons. The fraction of sp³-hybridized carbons (Fsp3) is 0.878. The second kappa shape index (κ2) is 69.1. The van der Waals surface area contributed by atoms with E-state index in [0.717, 1.165) is 64.2 Å². The summed E-state index contributed by atoms with van der Waals surface area (Å²) in [4.78, 5) is 38.5. The SMILES string of the molecule is CCCCCCC/C=C\C/C=C\CCCCCCCCCCCCCCCC(=O)OCC(COC(=O)CCCCCCCCCCCCCCCC)OC(=O)CCCCCCCCCCCCC/C=C\CCCCCCCCCC. The van der Waals surface area contributed by atoms with E-state index in [4.69, 9.17) is 14.2 Å². The summed E-state index contributed by atoms with van der Waals surface area (Å²) < 4.78 is 17.0. The quantitative estimate of drug-likeness (QED) is 0.0261. The molecule has 1 atom stereocenters. The molecular weight excluding hydrogens is 985 g/mol. The highest BCUT2D eigenvalue weighted by atomic mass is 16.6. The lowest BCUT2D eigenvalue weighted by molar-refractivity contribution is -0.167. The Morgan fingerprint density at radius 1 is 0.250 bits per heavy atom. The van der Waals surface area contributed by atoms with Crippen LogP contribution in [0.5, 0.6) is 0 Å². The van der Waals surface area contributed by atoms with Crippen LogP contribution in [0.4, 0.5) is 0 Å². The zero-order chi connectivity index (χ0) is 57.8. The molecule has 0 aromatic carbocycles. The van der Waals surface area contributed by atoms with Gasteiger partial charge in [-0.25, -0.2) is 0 Å². The lowest BCUT2D eigenvalue weighted by Crippen LogP contribution is -2.30. The smallest absolute Gasteiger partial charge is 0.306 e. The third-order valence-electron chi connectivity index (χ3n) is 16.4. The van der Waals surface area contributed by atoms with Crippen LogP contribution in [0.25, 0.3) is 0 Å². The maximum Gasteiger partial charge on any atom is 0.306 e. The zero-order valence-electron chi connectivity index (χ0n) is 54.1. The number of ether oxygens (including phenoxy) is 3. The van der Waals surface area contributed by atoms with Gasteiger partial charge < -0.3 is 14.2 Å². The summed E-state index contributed by atoms with van der Waals surface area (Å²) in [5, 5.41) is 0. The summed E-state index contributed by atoms with van der Waals surface area (Å²) >= 11 is 0. The van der Waals surface area contributed by atoms with Gasteiger partial charge in [0.1, 0.15) is 13.2 Å². The summed E-state index contributed by atoms with van der Waals surface area (Å²) in [6, 6.07) is 0. The number of hydrogen-bond acceptors (Lipinski definition) is 6. The van der Waals surface area contributed by atoms with Crippen LogP contribution in [0.2, 0.25) is 0 Å². The molecule has 0 rings (SSSR count). The van der Waals surface area contributed by atoms with Crippen LogP contribution in [-0.4, -0.2) is 37.2 Å². The lowest BCUT2D eigenvalue weighted by atomic mass is 10.0. The van der Waals surface area contributed by atoms with E-state index in [0.29, 0.717) is 19.3 Å². The number of rotatable bonds is 67. The molecule has 470 valence electrons. The first-order valence-electron chi connectivity index (χ1n) is 36.0. The molecule has 0 aliphatic carbocycles. The van der Waals surface area contributed by atoms with Crippen molar-refractivity contribution in [3.05, 3.63) is 36.5 Å². The fourth-order valence-electron chi connectivity index (χ4n) is 10.9. The molecule has 0 aromatic heterocycles. The van der Waals surface area contributed by atoms with Crippen molar-refractivity contribution in [1.29, 1.82) is 0 Å². The molecule has 6 nitrogen and oxygen atoms in total. The van der Waals surface area contributed by atoms with E-state index in [9.17, 15) is 14.4 Å². The summed E-state index contributed by atoms with van der Waals surface area (Å²) in [6.45, 7) is 6.70. The van der Waals surface area contributed by atoms with Crippen LogP contribution in [0, 0.1) is 0 Å². The predicted molar refractivity (Wildman–Crippen MR) is 349 cm³/mol. The molecule has 80 heavy (non-hydrogen) atoms. The van der Waals surface area contributed by atoms with Gasteiger partial charge in [-0.05, 0) is 77.0 Å². The van der Waals surface area contributed by atoms with Crippen molar-refractivity contribution in [1.82, 2.24) is 0 Å². The maximum atomic E-state index is 13.0. The Bertz CT molecular complexity index is 1340. The van der Waals surface area contributed by atoms with Crippen molar-refractivity contribution in [2.45, 2.75) is 406 Å². The largest absolute Gasteiger partial charge is 0.462 e. The molecule has 6 heteroatoms. The van der Waals surface area contributed by atoms with E-state index in [1.165, 1.54) is 295 Å². The molecule has 0 N–H and O–H groups in total. The van der Waals surface area contributed by atoms with E-state index in [1.54, 1.807) is 0 Å². The number of carbonyl (C=O) groups is 3. The van der Waals surface area contributed by atoms with E-state index >= 15 is 0 Å². The van der Waals surface area contributed by atoms with E-state index in [2.05, 4.69) is 57.2 Å². The molecule has 0 aromatic rings. The molecule has 0 spiro atoms. The molecule has 0 aliphatic rings. The molecular formula is C74H138O6. The standard InChI is InChI=1S/C74H138O6/c1-4-7-10-13-16-19-22-25-28-30-32-34-36-37-39-40-42-44-46-49-52-55-58-61-64-67-73(76)79-70-71(69-78-72(75)66-63-60-57-54-51-48-27-24-21-18-15-12-9-6-3)80-74(77)68-65-62-59-56-53-50-47-45-43-41-38-35-33-31-29-26-23-20-17-14-11-8-5-2/h22,25,30-33,71H,4-21,23-24,26-29,34-70H2,1-3H3/b25-22-,32-30-,33-31-. The highest BCUT2D eigenvalue weighted by Crippen LogP contribution is 2.18. The van der Waals surface area contributed by atoms with Gasteiger partial charge in [0.2, 0.25) is 0 Å². The Labute approximate surface area is 499 Å². The zero-order valence-corrected chi connectivity index (χ0v) is 54.1. The number of unbranched alkanes of at least 4 members (excludes halogenated alkanes) is 50. The minimum atomic E-state index is -0.771. The Kier molecular flexibility index (Phi) is 67.1. The van der Waals surface area contributed by atoms with Crippen molar-refractivity contribution in [3.8, 4) is 0 Å². The molecule has 0 amide bonds. The molecule has 0 aliphatic heterocycles. The minimum Gasteiger partial charge on any atom is -0.462 e. The van der Waals surface area contributed by atoms with Gasteiger partial charge in [-0.1, -0.05) is 340 Å². The fourth-order valence-corrected chi connectivity index (χ4v) is 10.9. The van der Waals surface area contributed by atoms with E-state index in [1.807, 2.05) is 0 Å².